The third kappa shape index (κ3) is 3.84. The van der Waals surface area contributed by atoms with Gasteiger partial charge >= 0.3 is 6.18 Å². The molecule has 1 aliphatic heterocycles. The van der Waals surface area contributed by atoms with E-state index in [0.29, 0.717) is 13.3 Å². The Morgan fingerprint density at radius 3 is 2.45 bits per heavy atom. The van der Waals surface area contributed by atoms with E-state index in [0.717, 1.165) is 41.4 Å². The summed E-state index contributed by atoms with van der Waals surface area (Å²) in [5.74, 6) is 0. The van der Waals surface area contributed by atoms with Gasteiger partial charge in [0.25, 0.3) is 0 Å². The maximum Gasteiger partial charge on any atom is 0.426 e. The van der Waals surface area contributed by atoms with Crippen molar-refractivity contribution < 1.29 is 17.6 Å². The lowest BCUT2D eigenvalue weighted by atomic mass is 9.63. The summed E-state index contributed by atoms with van der Waals surface area (Å²) in [5.41, 5.74) is -0.696. The first-order valence-electron chi connectivity index (χ1n) is 9.51. The van der Waals surface area contributed by atoms with Gasteiger partial charge in [-0.05, 0) is 73.5 Å². The molecule has 2 aliphatic rings. The van der Waals surface area contributed by atoms with Gasteiger partial charge in [0.15, 0.2) is 0 Å². The normalized spacial score (nSPS) is 25.5. The molecular weight excluding hydrogens is 470 g/mol. The van der Waals surface area contributed by atoms with Crippen LogP contribution in [-0.2, 0) is 23.9 Å². The van der Waals surface area contributed by atoms with E-state index in [2.05, 4.69) is 33.4 Å². The van der Waals surface area contributed by atoms with Gasteiger partial charge in [0.05, 0.1) is 0 Å². The van der Waals surface area contributed by atoms with Crippen molar-refractivity contribution in [3.05, 3.63) is 69.2 Å². The van der Waals surface area contributed by atoms with E-state index in [4.69, 9.17) is 0 Å². The number of aryl methyl sites for hydroxylation is 1. The smallest absolute Gasteiger partial charge is 0.313 e. The summed E-state index contributed by atoms with van der Waals surface area (Å²) >= 11 is 3.45. The summed E-state index contributed by atoms with van der Waals surface area (Å²) in [7, 11) is 0. The molecule has 0 radical (unpaired) electrons. The molecule has 1 nitrogen and oxygen atoms in total. The first-order valence-corrected chi connectivity index (χ1v) is 10.3. The first kappa shape index (κ1) is 22.6. The van der Waals surface area contributed by atoms with Crippen LogP contribution in [0.15, 0.2) is 46.9 Å². The van der Waals surface area contributed by atoms with Crippen molar-refractivity contribution in [3.63, 3.8) is 0 Å². The summed E-state index contributed by atoms with van der Waals surface area (Å²) in [6.07, 6.45) is -1.68. The molecule has 3 unspecified atom stereocenters. The fourth-order valence-electron chi connectivity index (χ4n) is 4.85. The summed E-state index contributed by atoms with van der Waals surface area (Å²) in [4.78, 5) is 0. The Hall–Kier alpha value is -1.11. The number of alkyl halides is 4. The summed E-state index contributed by atoms with van der Waals surface area (Å²) in [5, 5.41) is 3.58. The Labute approximate surface area is 182 Å². The maximum absolute atomic E-state index is 14.5. The summed E-state index contributed by atoms with van der Waals surface area (Å²) in [6, 6.07) is 13.0. The number of nitrogens with one attached hydrogen (secondary N) is 1. The Kier molecular flexibility index (Phi) is 6.12. The minimum Gasteiger partial charge on any atom is -0.313 e. The van der Waals surface area contributed by atoms with Crippen molar-refractivity contribution in [1.82, 2.24) is 5.32 Å². The van der Waals surface area contributed by atoms with E-state index in [1.165, 1.54) is 17.7 Å². The second kappa shape index (κ2) is 7.86. The van der Waals surface area contributed by atoms with Crippen LogP contribution in [0.5, 0.6) is 0 Å². The van der Waals surface area contributed by atoms with E-state index in [1.807, 2.05) is 12.1 Å². The fraction of sp³-hybridized carbons (Fsp3) is 0.455. The van der Waals surface area contributed by atoms with Crippen LogP contribution in [0, 0.1) is 0 Å². The molecule has 4 rings (SSSR count). The van der Waals surface area contributed by atoms with Gasteiger partial charge in [-0.15, -0.1) is 12.4 Å². The molecule has 2 aromatic carbocycles. The average Bonchev–Trinajstić information content (AvgIpc) is 3.06. The Morgan fingerprint density at radius 1 is 1.10 bits per heavy atom. The van der Waals surface area contributed by atoms with Crippen molar-refractivity contribution in [2.24, 2.45) is 0 Å². The monoisotopic (exact) mass is 491 g/mol. The molecule has 1 heterocycles. The Balaban J connectivity index is 0.00000240. The highest BCUT2D eigenvalue weighted by Gasteiger charge is 2.54. The molecule has 1 aliphatic carbocycles. The van der Waals surface area contributed by atoms with E-state index in [-0.39, 0.29) is 29.4 Å². The van der Waals surface area contributed by atoms with Crippen molar-refractivity contribution in [2.75, 3.05) is 6.54 Å². The first-order chi connectivity index (χ1) is 13.1. The highest BCUT2D eigenvalue weighted by atomic mass is 79.9. The third-order valence-electron chi connectivity index (χ3n) is 6.48. The van der Waals surface area contributed by atoms with Crippen LogP contribution in [0.2, 0.25) is 0 Å². The minimum atomic E-state index is -4.93. The predicted octanol–water partition coefficient (Wildman–Crippen LogP) is 6.41. The van der Waals surface area contributed by atoms with Gasteiger partial charge in [0.1, 0.15) is 0 Å². The van der Waals surface area contributed by atoms with Crippen molar-refractivity contribution >= 4 is 28.3 Å². The molecular formula is C22H23BrClF4N. The zero-order valence-electron chi connectivity index (χ0n) is 16.0. The van der Waals surface area contributed by atoms with Gasteiger partial charge in [-0.1, -0.05) is 46.3 Å². The van der Waals surface area contributed by atoms with E-state index in [9.17, 15) is 17.6 Å². The molecule has 3 atom stereocenters. The van der Waals surface area contributed by atoms with Crippen molar-refractivity contribution in [2.45, 2.75) is 55.9 Å². The Bertz CT molecular complexity index is 881. The molecule has 1 fully saturated rings. The molecule has 0 amide bonds. The van der Waals surface area contributed by atoms with Crippen LogP contribution in [0.3, 0.4) is 0 Å². The van der Waals surface area contributed by atoms with E-state index in [1.54, 1.807) is 6.07 Å². The second-order valence-electron chi connectivity index (χ2n) is 8.13. The zero-order valence-corrected chi connectivity index (χ0v) is 18.4. The van der Waals surface area contributed by atoms with Crippen LogP contribution >= 0.6 is 28.3 Å². The van der Waals surface area contributed by atoms with Gasteiger partial charge < -0.3 is 5.32 Å². The number of hydrogen-bond donors (Lipinski definition) is 1. The number of hydrogen-bond acceptors (Lipinski definition) is 1. The fourth-order valence-corrected chi connectivity index (χ4v) is 5.12. The van der Waals surface area contributed by atoms with Gasteiger partial charge in [-0.25, -0.2) is 4.39 Å². The largest absolute Gasteiger partial charge is 0.426 e. The SMILES string of the molecule is CC(F)(c1ccc2c(c1)CCC1NCCC21Cc1ccc(Br)cc1)C(F)(F)F.Cl. The summed E-state index contributed by atoms with van der Waals surface area (Å²) in [6.45, 7) is 1.49. The molecule has 1 N–H and O–H groups in total. The van der Waals surface area contributed by atoms with Crippen LogP contribution < -0.4 is 5.32 Å². The minimum absolute atomic E-state index is 0. The topological polar surface area (TPSA) is 12.0 Å². The number of rotatable bonds is 3. The zero-order chi connectivity index (χ0) is 20.2. The molecule has 1 saturated heterocycles. The van der Waals surface area contributed by atoms with Crippen LogP contribution in [0.1, 0.15) is 42.0 Å². The lowest BCUT2D eigenvalue weighted by molar-refractivity contribution is -0.228. The Morgan fingerprint density at radius 2 is 1.79 bits per heavy atom. The van der Waals surface area contributed by atoms with Crippen molar-refractivity contribution in [1.29, 1.82) is 0 Å². The highest BCUT2D eigenvalue weighted by molar-refractivity contribution is 9.10. The van der Waals surface area contributed by atoms with Gasteiger partial charge in [0.2, 0.25) is 5.67 Å². The van der Waals surface area contributed by atoms with E-state index >= 15 is 0 Å². The van der Waals surface area contributed by atoms with Gasteiger partial charge in [0, 0.05) is 15.9 Å². The average molecular weight is 493 g/mol. The molecule has 0 bridgehead atoms. The highest BCUT2D eigenvalue weighted by Crippen LogP contribution is 2.48. The number of fused-ring (bicyclic) bond motifs is 3. The van der Waals surface area contributed by atoms with Crippen LogP contribution in [0.4, 0.5) is 17.6 Å². The number of halogens is 6. The number of benzene rings is 2. The van der Waals surface area contributed by atoms with Gasteiger partial charge in [-0.2, -0.15) is 13.2 Å². The second-order valence-corrected chi connectivity index (χ2v) is 9.04. The molecule has 0 spiro atoms. The maximum atomic E-state index is 14.5. The molecule has 7 heteroatoms. The standard InChI is InChI=1S/C22H22BrF4N.ClH/c1-20(24,22(25,26)27)16-5-8-18-15(12-16)4-9-19-21(18,10-11-28-19)13-14-2-6-17(23)7-3-14;/h2-3,5-8,12,19,28H,4,9-11,13H2,1H3;1H. The summed E-state index contributed by atoms with van der Waals surface area (Å²) < 4.78 is 55.0. The molecule has 29 heavy (non-hydrogen) atoms. The third-order valence-corrected chi connectivity index (χ3v) is 7.01. The van der Waals surface area contributed by atoms with Crippen molar-refractivity contribution in [3.8, 4) is 0 Å². The van der Waals surface area contributed by atoms with Crippen LogP contribution in [-0.4, -0.2) is 18.8 Å². The molecule has 158 valence electrons. The molecule has 2 aromatic rings. The van der Waals surface area contributed by atoms with Gasteiger partial charge in [-0.3, -0.25) is 0 Å². The lowest BCUT2D eigenvalue weighted by Gasteiger charge is -2.42. The lowest BCUT2D eigenvalue weighted by Crippen LogP contribution is -2.46. The molecule has 0 saturated carbocycles. The van der Waals surface area contributed by atoms with E-state index < -0.39 is 11.8 Å². The predicted molar refractivity (Wildman–Crippen MR) is 112 cm³/mol. The van der Waals surface area contributed by atoms with Crippen LogP contribution in [0.25, 0.3) is 0 Å². The quantitative estimate of drug-likeness (QED) is 0.489. The molecule has 0 aromatic heterocycles.